The Morgan fingerprint density at radius 3 is 2.81 bits per heavy atom. The highest BCUT2D eigenvalue weighted by molar-refractivity contribution is 5.84. The third-order valence-corrected chi connectivity index (χ3v) is 4.59. The lowest BCUT2D eigenvalue weighted by molar-refractivity contribution is -0.0511. The van der Waals surface area contributed by atoms with Crippen molar-refractivity contribution in [2.45, 2.75) is 37.4 Å². The second-order valence-electron chi connectivity index (χ2n) is 6.44. The molecule has 12 nitrogen and oxygen atoms in total. The fourth-order valence-corrected chi connectivity index (χ4v) is 2.97. The van der Waals surface area contributed by atoms with Crippen molar-refractivity contribution < 1.29 is 20.1 Å². The van der Waals surface area contributed by atoms with Gasteiger partial charge in [0.1, 0.15) is 18.3 Å². The van der Waals surface area contributed by atoms with Gasteiger partial charge in [0.25, 0.3) is 0 Å². The van der Waals surface area contributed by atoms with E-state index < -0.39 is 31.1 Å². The van der Waals surface area contributed by atoms with Crippen molar-refractivity contribution in [1.29, 1.82) is 0 Å². The van der Waals surface area contributed by atoms with Crippen LogP contribution in [0.3, 0.4) is 0 Å². The first-order valence-electron chi connectivity index (χ1n) is 8.28. The molecule has 2 aromatic rings. The molecule has 4 N–H and O–H groups in total. The zero-order valence-corrected chi connectivity index (χ0v) is 13.7. The van der Waals surface area contributed by atoms with Gasteiger partial charge < -0.3 is 25.4 Å². The number of fused-ring (bicyclic) bond motifs is 1. The van der Waals surface area contributed by atoms with Crippen LogP contribution in [0, 0.1) is 5.92 Å². The van der Waals surface area contributed by atoms with Gasteiger partial charge in [-0.1, -0.05) is 0 Å². The highest BCUT2D eigenvalue weighted by atomic mass is 16.6. The van der Waals surface area contributed by atoms with Crippen LogP contribution in [-0.4, -0.2) is 66.3 Å². The Hall–Kier alpha value is -2.50. The van der Waals surface area contributed by atoms with Crippen LogP contribution in [0.4, 0.5) is 11.8 Å². The van der Waals surface area contributed by atoms with Crippen LogP contribution in [-0.2, 0) is 4.74 Å². The third-order valence-electron chi connectivity index (χ3n) is 4.59. The van der Waals surface area contributed by atoms with Gasteiger partial charge in [-0.2, -0.15) is 0 Å². The second kappa shape index (κ2) is 6.67. The number of anilines is 1. The number of rotatable bonds is 6. The Morgan fingerprint density at radius 2 is 2.15 bits per heavy atom. The minimum Gasteiger partial charge on any atom is -0.394 e. The van der Waals surface area contributed by atoms with Crippen molar-refractivity contribution in [2.75, 3.05) is 18.5 Å². The van der Waals surface area contributed by atoms with Gasteiger partial charge in [0, 0.05) is 11.5 Å². The quantitative estimate of drug-likeness (QED) is 0.320. The van der Waals surface area contributed by atoms with Crippen molar-refractivity contribution in [3.05, 3.63) is 16.8 Å². The predicted octanol–water partition coefficient (Wildman–Crippen LogP) is 0.201. The molecule has 0 amide bonds. The fourth-order valence-electron chi connectivity index (χ4n) is 2.97. The minimum atomic E-state index is -1.27. The van der Waals surface area contributed by atoms with Gasteiger partial charge in [0.15, 0.2) is 23.2 Å². The average molecular weight is 362 g/mol. The SMILES string of the molecule is [N-]=[N+]=Nc1nc(NCC2CC2)c2ncn([C@@H]3O[C@H](CO)[C@H](O)[C@@H]3O)c2n1. The molecule has 1 saturated heterocycles. The number of nitrogens with one attached hydrogen (secondary N) is 1. The molecule has 0 spiro atoms. The Balaban J connectivity index is 1.74. The van der Waals surface area contributed by atoms with Crippen molar-refractivity contribution in [2.24, 2.45) is 11.0 Å². The average Bonchev–Trinajstić information content (AvgIpc) is 3.31. The highest BCUT2D eigenvalue weighted by Crippen LogP contribution is 2.34. The molecule has 0 bridgehead atoms. The van der Waals surface area contributed by atoms with Crippen molar-refractivity contribution in [3.8, 4) is 0 Å². The van der Waals surface area contributed by atoms with E-state index in [9.17, 15) is 15.3 Å². The zero-order chi connectivity index (χ0) is 18.3. The van der Waals surface area contributed by atoms with Crippen LogP contribution < -0.4 is 5.32 Å². The maximum atomic E-state index is 10.2. The molecule has 138 valence electrons. The van der Waals surface area contributed by atoms with Crippen molar-refractivity contribution >= 4 is 22.9 Å². The number of azide groups is 1. The number of imidazole rings is 1. The molecule has 1 aliphatic carbocycles. The van der Waals surface area contributed by atoms with Gasteiger partial charge in [-0.05, 0) is 29.4 Å². The van der Waals surface area contributed by atoms with Gasteiger partial charge >= 0.3 is 0 Å². The molecule has 12 heteroatoms. The Morgan fingerprint density at radius 1 is 1.35 bits per heavy atom. The molecule has 2 fully saturated rings. The number of aromatic nitrogens is 4. The van der Waals surface area contributed by atoms with Gasteiger partial charge in [-0.3, -0.25) is 4.57 Å². The summed E-state index contributed by atoms with van der Waals surface area (Å²) in [6, 6.07) is 0. The van der Waals surface area contributed by atoms with Crippen LogP contribution in [0.2, 0.25) is 0 Å². The summed E-state index contributed by atoms with van der Waals surface area (Å²) in [5.41, 5.74) is 9.41. The number of aliphatic hydroxyl groups is 3. The molecule has 0 aromatic carbocycles. The first-order chi connectivity index (χ1) is 12.6. The van der Waals surface area contributed by atoms with E-state index in [1.54, 1.807) is 0 Å². The van der Waals surface area contributed by atoms with Crippen molar-refractivity contribution in [1.82, 2.24) is 19.5 Å². The summed E-state index contributed by atoms with van der Waals surface area (Å²) in [7, 11) is 0. The predicted molar refractivity (Wildman–Crippen MR) is 88.4 cm³/mol. The van der Waals surface area contributed by atoms with E-state index in [0.717, 1.165) is 19.4 Å². The molecule has 1 saturated carbocycles. The summed E-state index contributed by atoms with van der Waals surface area (Å²) in [4.78, 5) is 15.4. The van der Waals surface area contributed by atoms with Crippen molar-refractivity contribution in [3.63, 3.8) is 0 Å². The van der Waals surface area contributed by atoms with E-state index in [0.29, 0.717) is 17.3 Å². The summed E-state index contributed by atoms with van der Waals surface area (Å²) in [5.74, 6) is 0.923. The number of nitrogens with zero attached hydrogens (tertiary/aromatic N) is 7. The summed E-state index contributed by atoms with van der Waals surface area (Å²) in [5, 5.41) is 36.1. The molecule has 4 rings (SSSR count). The molecule has 26 heavy (non-hydrogen) atoms. The van der Waals surface area contributed by atoms with Crippen LogP contribution >= 0.6 is 0 Å². The van der Waals surface area contributed by atoms with Crippen LogP contribution in [0.1, 0.15) is 19.1 Å². The summed E-state index contributed by atoms with van der Waals surface area (Å²) >= 11 is 0. The van der Waals surface area contributed by atoms with Gasteiger partial charge in [-0.15, -0.1) is 0 Å². The number of hydrogen-bond donors (Lipinski definition) is 4. The van der Waals surface area contributed by atoms with E-state index in [-0.39, 0.29) is 11.6 Å². The molecule has 3 heterocycles. The van der Waals surface area contributed by atoms with Crippen LogP contribution in [0.5, 0.6) is 0 Å². The Labute approximate surface area is 147 Å². The summed E-state index contributed by atoms with van der Waals surface area (Å²) < 4.78 is 6.95. The van der Waals surface area contributed by atoms with Crippen LogP contribution in [0.25, 0.3) is 21.6 Å². The normalized spacial score (nSPS) is 28.3. The van der Waals surface area contributed by atoms with E-state index in [4.69, 9.17) is 10.3 Å². The summed E-state index contributed by atoms with van der Waals surface area (Å²) in [6.07, 6.45) is -0.709. The molecule has 2 aromatic heterocycles. The van der Waals surface area contributed by atoms with Gasteiger partial charge in [-0.25, -0.2) is 15.0 Å². The van der Waals surface area contributed by atoms with Crippen LogP contribution in [0.15, 0.2) is 11.4 Å². The monoisotopic (exact) mass is 362 g/mol. The largest absolute Gasteiger partial charge is 0.394 e. The molecule has 2 aliphatic rings. The van der Waals surface area contributed by atoms with E-state index in [1.807, 2.05) is 0 Å². The second-order valence-corrected chi connectivity index (χ2v) is 6.44. The topological polar surface area (TPSA) is 174 Å². The number of aliphatic hydroxyl groups excluding tert-OH is 3. The van der Waals surface area contributed by atoms with Gasteiger partial charge in [0.05, 0.1) is 12.9 Å². The number of hydrogen-bond acceptors (Lipinski definition) is 9. The third kappa shape index (κ3) is 2.93. The lowest BCUT2D eigenvalue weighted by Crippen LogP contribution is -2.33. The van der Waals surface area contributed by atoms with E-state index in [2.05, 4.69) is 30.3 Å². The molecular weight excluding hydrogens is 344 g/mol. The van der Waals surface area contributed by atoms with E-state index >= 15 is 0 Å². The summed E-state index contributed by atoms with van der Waals surface area (Å²) in [6.45, 7) is 0.289. The molecule has 0 radical (unpaired) electrons. The van der Waals surface area contributed by atoms with E-state index in [1.165, 1.54) is 10.9 Å². The first-order valence-corrected chi connectivity index (χ1v) is 8.28. The molecular formula is C14H18N8O4. The zero-order valence-electron chi connectivity index (χ0n) is 13.7. The van der Waals surface area contributed by atoms with Gasteiger partial charge in [0.2, 0.25) is 5.95 Å². The molecule has 0 unspecified atom stereocenters. The smallest absolute Gasteiger partial charge is 0.220 e. The Kier molecular flexibility index (Phi) is 4.34. The Bertz CT molecular complexity index is 862. The molecule has 4 atom stereocenters. The number of ether oxygens (including phenoxy) is 1. The lowest BCUT2D eigenvalue weighted by atomic mass is 10.1. The highest BCUT2D eigenvalue weighted by Gasteiger charge is 2.44. The minimum absolute atomic E-state index is 0.0909. The molecule has 1 aliphatic heterocycles. The maximum absolute atomic E-state index is 10.2. The standard InChI is InChI=1S/C14H18N8O4/c15-21-20-14-18-11(16-3-6-1-2-6)8-12(19-14)22(5-17-8)13-10(25)9(24)7(4-23)26-13/h5-7,9-10,13,23-25H,1-4H2,(H,16,18,19)/t7-,9+,10+,13-/m1/s1. The lowest BCUT2D eigenvalue weighted by Gasteiger charge is -2.16. The maximum Gasteiger partial charge on any atom is 0.220 e. The fraction of sp³-hybridized carbons (Fsp3) is 0.643. The first kappa shape index (κ1) is 16.9.